The van der Waals surface area contributed by atoms with E-state index in [0.717, 1.165) is 12.1 Å². The Kier molecular flexibility index (Phi) is 2.61. The van der Waals surface area contributed by atoms with E-state index in [4.69, 9.17) is 5.26 Å². The summed E-state index contributed by atoms with van der Waals surface area (Å²) >= 11 is 0. The first-order valence-electron chi connectivity index (χ1n) is 5.49. The van der Waals surface area contributed by atoms with Crippen LogP contribution in [0.3, 0.4) is 0 Å². The second-order valence-electron chi connectivity index (χ2n) is 4.96. The monoisotopic (exact) mass is 216 g/mol. The Morgan fingerprint density at radius 2 is 2.00 bits per heavy atom. The predicted molar refractivity (Wildman–Crippen MR) is 63.0 cm³/mol. The molecule has 0 saturated heterocycles. The molecule has 1 aliphatic rings. The molecule has 3 heteroatoms. The molecule has 1 aromatic rings. The third kappa shape index (κ3) is 1.77. The molecular formula is C13H16N2O. The Morgan fingerprint density at radius 1 is 1.38 bits per heavy atom. The molecule has 0 bridgehead atoms. The van der Waals surface area contributed by atoms with Gasteiger partial charge in [-0.3, -0.25) is 0 Å². The van der Waals surface area contributed by atoms with E-state index in [1.807, 2.05) is 12.1 Å². The minimum atomic E-state index is -0.219. The largest absolute Gasteiger partial charge is 0.392 e. The Balaban J connectivity index is 2.03. The standard InChI is InChI=1S/C13H16N2O/c1-13(2)11(7-12(13)16)15-10-5-3-9(8-14)4-6-10/h3-6,11-12,15-16H,7H2,1-2H3/t11-,12+/m1/s1. The number of nitrogens with zero attached hydrogens (tertiary/aromatic N) is 1. The third-order valence-corrected chi connectivity index (χ3v) is 3.57. The fourth-order valence-corrected chi connectivity index (χ4v) is 1.99. The van der Waals surface area contributed by atoms with Crippen LogP contribution in [-0.4, -0.2) is 17.3 Å². The molecule has 0 amide bonds. The molecule has 0 aromatic heterocycles. The van der Waals surface area contributed by atoms with Gasteiger partial charge in [-0.1, -0.05) is 13.8 Å². The first-order chi connectivity index (χ1) is 7.54. The number of nitrogens with one attached hydrogen (secondary N) is 1. The first kappa shape index (κ1) is 11.0. The predicted octanol–water partition coefficient (Wildman–Crippen LogP) is 2.13. The van der Waals surface area contributed by atoms with Crippen LogP contribution in [0.5, 0.6) is 0 Å². The van der Waals surface area contributed by atoms with Crippen molar-refractivity contribution in [3.8, 4) is 6.07 Å². The number of aliphatic hydroxyl groups is 1. The molecule has 1 aliphatic carbocycles. The zero-order chi connectivity index (χ0) is 11.8. The van der Waals surface area contributed by atoms with Crippen molar-refractivity contribution in [1.29, 1.82) is 5.26 Å². The smallest absolute Gasteiger partial charge is 0.0991 e. The van der Waals surface area contributed by atoms with Crippen molar-refractivity contribution in [1.82, 2.24) is 0 Å². The molecule has 16 heavy (non-hydrogen) atoms. The summed E-state index contributed by atoms with van der Waals surface area (Å²) < 4.78 is 0. The molecule has 0 heterocycles. The van der Waals surface area contributed by atoms with Crippen LogP contribution in [0, 0.1) is 16.7 Å². The number of nitriles is 1. The average Bonchev–Trinajstić information content (AvgIpc) is 2.29. The Hall–Kier alpha value is -1.53. The maximum absolute atomic E-state index is 9.62. The van der Waals surface area contributed by atoms with Crippen molar-refractivity contribution in [2.45, 2.75) is 32.4 Å². The van der Waals surface area contributed by atoms with Crippen LogP contribution >= 0.6 is 0 Å². The van der Waals surface area contributed by atoms with E-state index in [2.05, 4.69) is 25.2 Å². The second-order valence-corrected chi connectivity index (χ2v) is 4.96. The van der Waals surface area contributed by atoms with Crippen molar-refractivity contribution in [2.24, 2.45) is 5.41 Å². The summed E-state index contributed by atoms with van der Waals surface area (Å²) in [5.41, 5.74) is 1.59. The lowest BCUT2D eigenvalue weighted by Crippen LogP contribution is -2.56. The molecule has 84 valence electrons. The SMILES string of the molecule is CC1(C)[C@@H](O)C[C@H]1Nc1ccc(C#N)cc1. The van der Waals surface area contributed by atoms with Crippen LogP contribution in [0.25, 0.3) is 0 Å². The van der Waals surface area contributed by atoms with Crippen molar-refractivity contribution in [3.05, 3.63) is 29.8 Å². The maximum atomic E-state index is 9.62. The van der Waals surface area contributed by atoms with Crippen LogP contribution < -0.4 is 5.32 Å². The summed E-state index contributed by atoms with van der Waals surface area (Å²) in [5, 5.41) is 21.7. The fraction of sp³-hybridized carbons (Fsp3) is 0.462. The molecule has 0 unspecified atom stereocenters. The molecule has 1 fully saturated rings. The number of hydrogen-bond donors (Lipinski definition) is 2. The van der Waals surface area contributed by atoms with Gasteiger partial charge in [-0.15, -0.1) is 0 Å². The number of anilines is 1. The zero-order valence-corrected chi connectivity index (χ0v) is 9.57. The zero-order valence-electron chi connectivity index (χ0n) is 9.57. The van der Waals surface area contributed by atoms with Gasteiger partial charge in [0.25, 0.3) is 0 Å². The molecule has 0 radical (unpaired) electrons. The van der Waals surface area contributed by atoms with Gasteiger partial charge in [0.15, 0.2) is 0 Å². The minimum absolute atomic E-state index is 0.0755. The van der Waals surface area contributed by atoms with Gasteiger partial charge in [0.1, 0.15) is 0 Å². The van der Waals surface area contributed by atoms with Crippen LogP contribution in [0.1, 0.15) is 25.8 Å². The summed E-state index contributed by atoms with van der Waals surface area (Å²) in [6, 6.07) is 9.79. The Morgan fingerprint density at radius 3 is 2.44 bits per heavy atom. The highest BCUT2D eigenvalue weighted by Crippen LogP contribution is 2.42. The maximum Gasteiger partial charge on any atom is 0.0991 e. The first-order valence-corrected chi connectivity index (χ1v) is 5.49. The summed E-state index contributed by atoms with van der Waals surface area (Å²) in [4.78, 5) is 0. The van der Waals surface area contributed by atoms with Gasteiger partial charge in [-0.05, 0) is 30.7 Å². The number of aliphatic hydroxyl groups excluding tert-OH is 1. The van der Waals surface area contributed by atoms with Crippen molar-refractivity contribution in [2.75, 3.05) is 5.32 Å². The highest BCUT2D eigenvalue weighted by atomic mass is 16.3. The lowest BCUT2D eigenvalue weighted by atomic mass is 9.64. The third-order valence-electron chi connectivity index (χ3n) is 3.57. The Bertz CT molecular complexity index is 417. The van der Waals surface area contributed by atoms with Crippen molar-refractivity contribution >= 4 is 5.69 Å². The Labute approximate surface area is 95.7 Å². The summed E-state index contributed by atoms with van der Waals surface area (Å²) in [6.07, 6.45) is 0.566. The van der Waals surface area contributed by atoms with E-state index >= 15 is 0 Å². The van der Waals surface area contributed by atoms with E-state index in [1.54, 1.807) is 12.1 Å². The van der Waals surface area contributed by atoms with Gasteiger partial charge in [0, 0.05) is 17.1 Å². The lowest BCUT2D eigenvalue weighted by Gasteiger charge is -2.49. The topological polar surface area (TPSA) is 56.0 Å². The summed E-state index contributed by atoms with van der Waals surface area (Å²) in [6.45, 7) is 4.12. The second kappa shape index (κ2) is 3.80. The van der Waals surface area contributed by atoms with Gasteiger partial charge >= 0.3 is 0 Å². The van der Waals surface area contributed by atoms with E-state index in [1.165, 1.54) is 0 Å². The normalized spacial score (nSPS) is 26.6. The van der Waals surface area contributed by atoms with Gasteiger partial charge in [0.2, 0.25) is 0 Å². The molecule has 0 aliphatic heterocycles. The number of benzene rings is 1. The van der Waals surface area contributed by atoms with Gasteiger partial charge in [-0.2, -0.15) is 5.26 Å². The summed E-state index contributed by atoms with van der Waals surface area (Å²) in [7, 11) is 0. The average molecular weight is 216 g/mol. The van der Waals surface area contributed by atoms with Crippen LogP contribution in [0.2, 0.25) is 0 Å². The van der Waals surface area contributed by atoms with Crippen LogP contribution in [-0.2, 0) is 0 Å². The van der Waals surface area contributed by atoms with E-state index < -0.39 is 0 Å². The highest BCUT2D eigenvalue weighted by molar-refractivity contribution is 5.48. The highest BCUT2D eigenvalue weighted by Gasteiger charge is 2.47. The molecule has 2 rings (SSSR count). The number of rotatable bonds is 2. The lowest BCUT2D eigenvalue weighted by molar-refractivity contribution is -0.0510. The molecule has 2 atom stereocenters. The van der Waals surface area contributed by atoms with Gasteiger partial charge < -0.3 is 10.4 Å². The number of hydrogen-bond acceptors (Lipinski definition) is 3. The van der Waals surface area contributed by atoms with Crippen LogP contribution in [0.15, 0.2) is 24.3 Å². The summed E-state index contributed by atoms with van der Waals surface area (Å²) in [5.74, 6) is 0. The van der Waals surface area contributed by atoms with Crippen molar-refractivity contribution < 1.29 is 5.11 Å². The van der Waals surface area contributed by atoms with Gasteiger partial charge in [-0.25, -0.2) is 0 Å². The molecule has 3 nitrogen and oxygen atoms in total. The molecule has 1 aromatic carbocycles. The van der Waals surface area contributed by atoms with Gasteiger partial charge in [0.05, 0.1) is 17.7 Å². The van der Waals surface area contributed by atoms with E-state index in [-0.39, 0.29) is 11.5 Å². The molecular weight excluding hydrogens is 200 g/mol. The minimum Gasteiger partial charge on any atom is -0.392 e. The van der Waals surface area contributed by atoms with Crippen LogP contribution in [0.4, 0.5) is 5.69 Å². The van der Waals surface area contributed by atoms with Crippen molar-refractivity contribution in [3.63, 3.8) is 0 Å². The fourth-order valence-electron chi connectivity index (χ4n) is 1.99. The van der Waals surface area contributed by atoms with E-state index in [0.29, 0.717) is 11.6 Å². The molecule has 1 saturated carbocycles. The molecule has 0 spiro atoms. The van der Waals surface area contributed by atoms with E-state index in [9.17, 15) is 5.11 Å². The molecule has 2 N–H and O–H groups in total. The quantitative estimate of drug-likeness (QED) is 0.796.